The molecule has 1 atom stereocenters. The van der Waals surface area contributed by atoms with Crippen molar-refractivity contribution in [3.8, 4) is 29.0 Å². The number of hydrogen-bond acceptors (Lipinski definition) is 11. The third kappa shape index (κ3) is 3.84. The molecular weight excluding hydrogens is 462 g/mol. The molecule has 0 saturated heterocycles. The molecule has 0 aliphatic carbocycles. The minimum atomic E-state index is -0.492. The third-order valence-electron chi connectivity index (χ3n) is 5.64. The fourth-order valence-corrected chi connectivity index (χ4v) is 3.96. The second-order valence-corrected chi connectivity index (χ2v) is 7.76. The Balaban J connectivity index is 1.71. The molecule has 0 bridgehead atoms. The van der Waals surface area contributed by atoms with Gasteiger partial charge < -0.3 is 20.3 Å². The number of nitrogens with two attached hydrogens (primary N) is 1. The first-order chi connectivity index (χ1) is 17.5. The largest absolute Gasteiger partial charge is 0.467 e. The van der Waals surface area contributed by atoms with Gasteiger partial charge in [0.2, 0.25) is 0 Å². The molecule has 3 N–H and O–H groups in total. The van der Waals surface area contributed by atoms with Crippen molar-refractivity contribution < 1.29 is 9.26 Å². The number of nitrogen functional groups attached to an aromatic ring is 1. The number of nitrogens with one attached hydrogen (secondary N) is 1. The van der Waals surface area contributed by atoms with Crippen molar-refractivity contribution in [3.05, 3.63) is 76.9 Å². The average Bonchev–Trinajstić information content (AvgIpc) is 3.43. The molecule has 0 aliphatic heterocycles. The summed E-state index contributed by atoms with van der Waals surface area (Å²) < 4.78 is 11.5. The molecule has 1 unspecified atom stereocenters. The minimum absolute atomic E-state index is 0.0564. The van der Waals surface area contributed by atoms with Crippen LogP contribution in [0, 0.1) is 11.3 Å². The van der Waals surface area contributed by atoms with Gasteiger partial charge in [0.25, 0.3) is 5.56 Å². The molecule has 4 heterocycles. The first-order valence-corrected chi connectivity index (χ1v) is 10.7. The van der Waals surface area contributed by atoms with E-state index >= 15 is 0 Å². The van der Waals surface area contributed by atoms with E-state index in [1.807, 2.05) is 37.3 Å². The predicted octanol–water partition coefficient (Wildman–Crippen LogP) is 2.86. The van der Waals surface area contributed by atoms with Crippen LogP contribution in [-0.2, 0) is 0 Å². The zero-order valence-corrected chi connectivity index (χ0v) is 19.2. The summed E-state index contributed by atoms with van der Waals surface area (Å²) in [5.41, 5.74) is 7.49. The van der Waals surface area contributed by atoms with Crippen LogP contribution in [0.3, 0.4) is 0 Å². The van der Waals surface area contributed by atoms with Gasteiger partial charge in [-0.25, -0.2) is 19.9 Å². The number of methoxy groups -OCH3 is 1. The summed E-state index contributed by atoms with van der Waals surface area (Å²) in [7, 11) is 1.48. The number of nitrogens with zero attached hydrogens (tertiary/aromatic N) is 7. The topological polar surface area (TPSA) is 171 Å². The van der Waals surface area contributed by atoms with Crippen molar-refractivity contribution >= 4 is 22.4 Å². The van der Waals surface area contributed by atoms with E-state index in [1.165, 1.54) is 24.3 Å². The fourth-order valence-electron chi connectivity index (χ4n) is 3.96. The standard InChI is InChI=1S/C24H19N9O3/c1-13(31-22-17(9-25)21(26)29-12-30-22)18-8-14-4-3-5-16(15-10-27-24(35-2)28-11-15)20(14)23(34)33(18)19-6-7-36-32-19/h3-8,10-13H,1-2H3,(H3,26,29,30,31). The van der Waals surface area contributed by atoms with Crippen molar-refractivity contribution in [3.63, 3.8) is 0 Å². The molecule has 5 aromatic rings. The summed E-state index contributed by atoms with van der Waals surface area (Å²) in [5.74, 6) is 0.607. The molecule has 12 nitrogen and oxygen atoms in total. The van der Waals surface area contributed by atoms with Crippen molar-refractivity contribution in [1.29, 1.82) is 5.26 Å². The zero-order chi connectivity index (χ0) is 25.2. The Kier molecular flexibility index (Phi) is 5.71. The number of nitriles is 1. The SMILES string of the molecule is COc1ncc(-c2cccc3cc(C(C)Nc4ncnc(N)c4C#N)n(-c4ccon4)c(=O)c23)cn1. The highest BCUT2D eigenvalue weighted by molar-refractivity contribution is 5.96. The molecule has 36 heavy (non-hydrogen) atoms. The highest BCUT2D eigenvalue weighted by Crippen LogP contribution is 2.30. The maximum absolute atomic E-state index is 14.0. The first-order valence-electron chi connectivity index (χ1n) is 10.7. The fraction of sp³-hybridized carbons (Fsp3) is 0.125. The highest BCUT2D eigenvalue weighted by atomic mass is 16.5. The Morgan fingerprint density at radius 3 is 2.69 bits per heavy atom. The molecule has 4 aromatic heterocycles. The van der Waals surface area contributed by atoms with Gasteiger partial charge in [0, 0.05) is 24.0 Å². The number of fused-ring (bicyclic) bond motifs is 1. The summed E-state index contributed by atoms with van der Waals surface area (Å²) in [4.78, 5) is 30.3. The smallest absolute Gasteiger partial charge is 0.316 e. The van der Waals surface area contributed by atoms with E-state index in [2.05, 4.69) is 30.4 Å². The predicted molar refractivity (Wildman–Crippen MR) is 130 cm³/mol. The Bertz CT molecular complexity index is 1660. The maximum atomic E-state index is 14.0. The van der Waals surface area contributed by atoms with Crippen LogP contribution >= 0.6 is 0 Å². The van der Waals surface area contributed by atoms with Crippen molar-refractivity contribution in [2.24, 2.45) is 0 Å². The monoisotopic (exact) mass is 481 g/mol. The van der Waals surface area contributed by atoms with Gasteiger partial charge >= 0.3 is 6.01 Å². The normalized spacial score (nSPS) is 11.7. The van der Waals surface area contributed by atoms with Gasteiger partial charge in [-0.3, -0.25) is 9.36 Å². The molecule has 0 fully saturated rings. The van der Waals surface area contributed by atoms with Crippen LogP contribution in [0.15, 0.2) is 64.6 Å². The lowest BCUT2D eigenvalue weighted by Crippen LogP contribution is -2.26. The van der Waals surface area contributed by atoms with Crippen LogP contribution in [0.2, 0.25) is 0 Å². The second kappa shape index (κ2) is 9.15. The summed E-state index contributed by atoms with van der Waals surface area (Å²) in [6.07, 6.45) is 5.85. The van der Waals surface area contributed by atoms with Gasteiger partial charge in [-0.15, -0.1) is 0 Å². The van der Waals surface area contributed by atoms with E-state index in [9.17, 15) is 10.1 Å². The van der Waals surface area contributed by atoms with Crippen molar-refractivity contribution in [2.75, 3.05) is 18.2 Å². The number of hydrogen-bond donors (Lipinski definition) is 2. The summed E-state index contributed by atoms with van der Waals surface area (Å²) in [6.45, 7) is 1.83. The average molecular weight is 481 g/mol. The zero-order valence-electron chi connectivity index (χ0n) is 19.2. The Morgan fingerprint density at radius 1 is 1.19 bits per heavy atom. The molecule has 178 valence electrons. The quantitative estimate of drug-likeness (QED) is 0.365. The van der Waals surface area contributed by atoms with Crippen LogP contribution in [-0.4, -0.2) is 36.8 Å². The van der Waals surface area contributed by atoms with E-state index in [-0.39, 0.29) is 28.8 Å². The third-order valence-corrected chi connectivity index (χ3v) is 5.64. The highest BCUT2D eigenvalue weighted by Gasteiger charge is 2.21. The maximum Gasteiger partial charge on any atom is 0.316 e. The molecule has 0 aliphatic rings. The minimum Gasteiger partial charge on any atom is -0.467 e. The van der Waals surface area contributed by atoms with Crippen molar-refractivity contribution in [2.45, 2.75) is 13.0 Å². The van der Waals surface area contributed by atoms with Gasteiger partial charge in [-0.2, -0.15) is 5.26 Å². The number of benzene rings is 1. The van der Waals surface area contributed by atoms with Gasteiger partial charge in [-0.05, 0) is 23.9 Å². The van der Waals surface area contributed by atoms with Gasteiger partial charge in [0.1, 0.15) is 35.9 Å². The molecule has 0 radical (unpaired) electrons. The summed E-state index contributed by atoms with van der Waals surface area (Å²) in [5, 5.41) is 17.8. The van der Waals surface area contributed by atoms with E-state index in [0.717, 1.165) is 0 Å². The number of pyridine rings is 1. The number of ether oxygens (including phenoxy) is 1. The number of anilines is 2. The lowest BCUT2D eigenvalue weighted by Gasteiger charge is -2.21. The number of rotatable bonds is 6. The first kappa shape index (κ1) is 22.5. The molecule has 1 aromatic carbocycles. The summed E-state index contributed by atoms with van der Waals surface area (Å²) in [6, 6.07) is 10.7. The Labute approximate surface area is 204 Å². The van der Waals surface area contributed by atoms with E-state index in [0.29, 0.717) is 33.4 Å². The molecule has 0 saturated carbocycles. The van der Waals surface area contributed by atoms with Gasteiger partial charge in [0.15, 0.2) is 5.82 Å². The van der Waals surface area contributed by atoms with E-state index in [1.54, 1.807) is 18.5 Å². The second-order valence-electron chi connectivity index (χ2n) is 7.76. The van der Waals surface area contributed by atoms with Crippen LogP contribution in [0.1, 0.15) is 24.2 Å². The van der Waals surface area contributed by atoms with Crippen molar-refractivity contribution in [1.82, 2.24) is 29.7 Å². The lowest BCUT2D eigenvalue weighted by molar-refractivity contribution is 0.380. The molecule has 5 rings (SSSR count). The van der Waals surface area contributed by atoms with Gasteiger partial charge in [0.05, 0.1) is 24.2 Å². The van der Waals surface area contributed by atoms with Crippen LogP contribution in [0.25, 0.3) is 27.7 Å². The van der Waals surface area contributed by atoms with Crippen LogP contribution in [0.4, 0.5) is 11.6 Å². The summed E-state index contributed by atoms with van der Waals surface area (Å²) >= 11 is 0. The van der Waals surface area contributed by atoms with Gasteiger partial charge in [-0.1, -0.05) is 23.4 Å². The van der Waals surface area contributed by atoms with E-state index < -0.39 is 6.04 Å². The number of aromatic nitrogens is 6. The molecular formula is C24H19N9O3. The lowest BCUT2D eigenvalue weighted by atomic mass is 9.99. The molecule has 0 spiro atoms. The van der Waals surface area contributed by atoms with E-state index in [4.69, 9.17) is 15.0 Å². The van der Waals surface area contributed by atoms with Crippen LogP contribution < -0.4 is 21.3 Å². The Hall–Kier alpha value is -5.31. The Morgan fingerprint density at radius 2 is 2.00 bits per heavy atom. The van der Waals surface area contributed by atoms with Crippen LogP contribution in [0.5, 0.6) is 6.01 Å². The molecule has 12 heteroatoms. The molecule has 0 amide bonds.